The van der Waals surface area contributed by atoms with Crippen LogP contribution in [0.4, 0.5) is 0 Å². The van der Waals surface area contributed by atoms with Gasteiger partial charge in [0, 0.05) is 5.39 Å². The number of aromatic nitrogens is 1. The maximum Gasteiger partial charge on any atom is 0.334 e. The number of benzene rings is 1. The number of aryl methyl sites for hydroxylation is 1. The fraction of sp³-hybridized carbons (Fsp3) is 0.308. The van der Waals surface area contributed by atoms with E-state index in [4.69, 9.17) is 4.52 Å². The van der Waals surface area contributed by atoms with Crippen LogP contribution in [0.25, 0.3) is 10.9 Å². The molecule has 1 aromatic carbocycles. The van der Waals surface area contributed by atoms with Crippen molar-refractivity contribution >= 4 is 18.5 Å². The smallest absolute Gasteiger partial charge is 0.324 e. The van der Waals surface area contributed by atoms with Crippen LogP contribution in [0, 0.1) is 6.92 Å². The predicted octanol–water partition coefficient (Wildman–Crippen LogP) is 3.27. The molecule has 1 unspecified atom stereocenters. The number of hydrogen-bond acceptors (Lipinski definition) is 3. The summed E-state index contributed by atoms with van der Waals surface area (Å²) in [4.78, 5) is 13.9. The molecule has 0 fully saturated rings. The van der Waals surface area contributed by atoms with Gasteiger partial charge in [0.2, 0.25) is 0 Å². The molecule has 2 rings (SSSR count). The minimum atomic E-state index is -3.56. The summed E-state index contributed by atoms with van der Waals surface area (Å²) in [6.07, 6.45) is -0.0509. The van der Waals surface area contributed by atoms with Gasteiger partial charge in [-0.3, -0.25) is 9.55 Å². The van der Waals surface area contributed by atoms with Crippen molar-refractivity contribution in [2.24, 2.45) is 0 Å². The van der Waals surface area contributed by atoms with Crippen LogP contribution in [-0.4, -0.2) is 16.5 Å². The summed E-state index contributed by atoms with van der Waals surface area (Å²) in [5, 5.41) is 1.03. The topological polar surface area (TPSA) is 59.4 Å². The van der Waals surface area contributed by atoms with Gasteiger partial charge < -0.3 is 9.42 Å². The Morgan fingerprint density at radius 3 is 2.83 bits per heavy atom. The molecule has 0 aliphatic carbocycles. The van der Waals surface area contributed by atoms with Crippen LogP contribution < -0.4 is 0 Å². The standard InChI is InChI=1S/C13H16NO3P/c1-3-17-18(15,16)9-12-6-5-11-8-10(2)4-7-13(11)14-12/h4-8H,3,9H2,1-2H3,(H,15,16). The second-order valence-electron chi connectivity index (χ2n) is 4.21. The molecule has 0 saturated heterocycles. The Morgan fingerprint density at radius 1 is 1.33 bits per heavy atom. The van der Waals surface area contributed by atoms with Gasteiger partial charge in [-0.05, 0) is 32.0 Å². The van der Waals surface area contributed by atoms with Gasteiger partial charge in [0.25, 0.3) is 0 Å². The summed E-state index contributed by atoms with van der Waals surface area (Å²) >= 11 is 0. The number of rotatable bonds is 4. The molecule has 0 amide bonds. The Labute approximate surface area is 106 Å². The minimum absolute atomic E-state index is 0.0509. The van der Waals surface area contributed by atoms with Crippen LogP contribution in [0.2, 0.25) is 0 Å². The van der Waals surface area contributed by atoms with E-state index in [9.17, 15) is 9.46 Å². The van der Waals surface area contributed by atoms with E-state index in [1.165, 1.54) is 5.56 Å². The molecule has 0 spiro atoms. The van der Waals surface area contributed by atoms with Gasteiger partial charge >= 0.3 is 7.60 Å². The molecule has 18 heavy (non-hydrogen) atoms. The van der Waals surface area contributed by atoms with Crippen LogP contribution in [-0.2, 0) is 15.3 Å². The van der Waals surface area contributed by atoms with Crippen molar-refractivity contribution < 1.29 is 14.0 Å². The number of hydrogen-bond donors (Lipinski definition) is 1. The van der Waals surface area contributed by atoms with Gasteiger partial charge in [0.15, 0.2) is 0 Å². The number of pyridine rings is 1. The lowest BCUT2D eigenvalue weighted by Gasteiger charge is -2.10. The lowest BCUT2D eigenvalue weighted by atomic mass is 10.1. The van der Waals surface area contributed by atoms with Gasteiger partial charge in [0.05, 0.1) is 24.0 Å². The molecule has 0 aliphatic heterocycles. The van der Waals surface area contributed by atoms with Gasteiger partial charge in [0.1, 0.15) is 0 Å². The highest BCUT2D eigenvalue weighted by Gasteiger charge is 2.20. The molecule has 0 bridgehead atoms. The monoisotopic (exact) mass is 265 g/mol. The lowest BCUT2D eigenvalue weighted by Crippen LogP contribution is -1.96. The molecule has 1 N–H and O–H groups in total. The molecule has 1 heterocycles. The zero-order valence-electron chi connectivity index (χ0n) is 10.5. The molecule has 1 aromatic heterocycles. The second-order valence-corrected chi connectivity index (χ2v) is 6.06. The number of fused-ring (bicyclic) bond motifs is 1. The summed E-state index contributed by atoms with van der Waals surface area (Å²) in [6.45, 7) is 3.93. The molecular weight excluding hydrogens is 249 g/mol. The van der Waals surface area contributed by atoms with Crippen molar-refractivity contribution in [3.8, 4) is 0 Å². The summed E-state index contributed by atoms with van der Waals surface area (Å²) < 4.78 is 16.5. The van der Waals surface area contributed by atoms with Crippen molar-refractivity contribution in [3.63, 3.8) is 0 Å². The molecule has 0 saturated carbocycles. The average molecular weight is 265 g/mol. The third-order valence-corrected chi connectivity index (χ3v) is 3.98. The first-order chi connectivity index (χ1) is 8.50. The summed E-state index contributed by atoms with van der Waals surface area (Å²) in [7, 11) is -3.56. The zero-order valence-corrected chi connectivity index (χ0v) is 11.4. The molecule has 2 aromatic rings. The minimum Gasteiger partial charge on any atom is -0.324 e. The number of nitrogens with zero attached hydrogens (tertiary/aromatic N) is 1. The Balaban J connectivity index is 2.30. The Hall–Kier alpha value is -1.22. The van der Waals surface area contributed by atoms with Gasteiger partial charge in [-0.15, -0.1) is 0 Å². The van der Waals surface area contributed by atoms with Gasteiger partial charge in [-0.2, -0.15) is 0 Å². The van der Waals surface area contributed by atoms with E-state index in [0.29, 0.717) is 5.69 Å². The van der Waals surface area contributed by atoms with Crippen LogP contribution in [0.1, 0.15) is 18.2 Å². The average Bonchev–Trinajstić information content (AvgIpc) is 2.28. The fourth-order valence-corrected chi connectivity index (χ4v) is 2.91. The van der Waals surface area contributed by atoms with E-state index in [1.807, 2.05) is 31.2 Å². The third kappa shape index (κ3) is 3.16. The van der Waals surface area contributed by atoms with E-state index in [1.54, 1.807) is 13.0 Å². The second kappa shape index (κ2) is 5.19. The van der Waals surface area contributed by atoms with E-state index in [-0.39, 0.29) is 12.8 Å². The highest BCUT2D eigenvalue weighted by Crippen LogP contribution is 2.45. The maximum atomic E-state index is 11.7. The molecule has 1 atom stereocenters. The van der Waals surface area contributed by atoms with Crippen molar-refractivity contribution in [1.29, 1.82) is 0 Å². The van der Waals surface area contributed by atoms with Crippen LogP contribution in [0.3, 0.4) is 0 Å². The molecule has 0 aliphatic rings. The Bertz CT molecular complexity index is 612. The molecule has 0 radical (unpaired) electrons. The van der Waals surface area contributed by atoms with Crippen LogP contribution >= 0.6 is 7.60 Å². The first kappa shape index (κ1) is 13.2. The van der Waals surface area contributed by atoms with Crippen molar-refractivity contribution in [1.82, 2.24) is 4.98 Å². The first-order valence-corrected chi connectivity index (χ1v) is 7.59. The highest BCUT2D eigenvalue weighted by molar-refractivity contribution is 7.51. The third-order valence-electron chi connectivity index (χ3n) is 2.60. The van der Waals surface area contributed by atoms with Crippen LogP contribution in [0.5, 0.6) is 0 Å². The Kier molecular flexibility index (Phi) is 3.81. The Morgan fingerprint density at radius 2 is 2.11 bits per heavy atom. The van der Waals surface area contributed by atoms with E-state index < -0.39 is 7.60 Å². The maximum absolute atomic E-state index is 11.7. The quantitative estimate of drug-likeness (QED) is 0.862. The summed E-state index contributed by atoms with van der Waals surface area (Å²) in [6, 6.07) is 9.60. The fourth-order valence-electron chi connectivity index (χ4n) is 1.83. The molecule has 4 nitrogen and oxygen atoms in total. The highest BCUT2D eigenvalue weighted by atomic mass is 31.2. The first-order valence-electron chi connectivity index (χ1n) is 5.83. The largest absolute Gasteiger partial charge is 0.334 e. The SMILES string of the molecule is CCOP(=O)(O)Cc1ccc2cc(C)ccc2n1. The van der Waals surface area contributed by atoms with E-state index in [2.05, 4.69) is 4.98 Å². The summed E-state index contributed by atoms with van der Waals surface area (Å²) in [5.41, 5.74) is 2.57. The van der Waals surface area contributed by atoms with Gasteiger partial charge in [-0.1, -0.05) is 17.7 Å². The van der Waals surface area contributed by atoms with E-state index in [0.717, 1.165) is 10.9 Å². The van der Waals surface area contributed by atoms with Gasteiger partial charge in [-0.25, -0.2) is 0 Å². The zero-order chi connectivity index (χ0) is 13.2. The van der Waals surface area contributed by atoms with Crippen molar-refractivity contribution in [3.05, 3.63) is 41.6 Å². The molecule has 96 valence electrons. The molecule has 5 heteroatoms. The van der Waals surface area contributed by atoms with Crippen molar-refractivity contribution in [2.75, 3.05) is 6.61 Å². The predicted molar refractivity (Wildman–Crippen MR) is 71.6 cm³/mol. The molecular formula is C13H16NO3P. The van der Waals surface area contributed by atoms with E-state index >= 15 is 0 Å². The van der Waals surface area contributed by atoms with Crippen LogP contribution in [0.15, 0.2) is 30.3 Å². The normalized spacial score (nSPS) is 14.6. The van der Waals surface area contributed by atoms with Crippen molar-refractivity contribution in [2.45, 2.75) is 20.0 Å². The lowest BCUT2D eigenvalue weighted by molar-refractivity contribution is 0.272. The summed E-state index contributed by atoms with van der Waals surface area (Å²) in [5.74, 6) is 0.